The van der Waals surface area contributed by atoms with E-state index in [1.54, 1.807) is 30.5 Å². The Morgan fingerprint density at radius 2 is 2.19 bits per heavy atom. The number of rotatable bonds is 7. The first-order valence-corrected chi connectivity index (χ1v) is 10.9. The molecule has 0 radical (unpaired) electrons. The lowest BCUT2D eigenvalue weighted by molar-refractivity contribution is 0.181. The molecule has 2 N–H and O–H groups in total. The quantitative estimate of drug-likeness (QED) is 0.556. The average Bonchev–Trinajstić information content (AvgIpc) is 3.50. The summed E-state index contributed by atoms with van der Waals surface area (Å²) < 4.78 is 10.8. The van der Waals surface area contributed by atoms with Crippen LogP contribution in [0.1, 0.15) is 31.4 Å². The van der Waals surface area contributed by atoms with Gasteiger partial charge in [0, 0.05) is 23.2 Å². The molecule has 1 amide bonds. The van der Waals surface area contributed by atoms with E-state index in [0.717, 1.165) is 5.39 Å². The third kappa shape index (κ3) is 4.20. The lowest BCUT2D eigenvalue weighted by atomic mass is 10.1. The number of cyclic esters (lactones) is 1. The Hall–Kier alpha value is -3.33. The van der Waals surface area contributed by atoms with Gasteiger partial charge in [0.15, 0.2) is 0 Å². The highest BCUT2D eigenvalue weighted by molar-refractivity contribution is 6.32. The molecular weight excluding hydrogens is 434 g/mol. The number of ether oxygens (including phenoxy) is 2. The van der Waals surface area contributed by atoms with Crippen molar-refractivity contribution >= 4 is 40.4 Å². The first-order valence-electron chi connectivity index (χ1n) is 10.5. The predicted molar refractivity (Wildman–Crippen MR) is 121 cm³/mol. The minimum atomic E-state index is -0.439. The standard InChI is InChI=1S/C22H22ClN5O4/c1-12(25-21-24-5-4-19(27-21)28-6-7-31-22(28)30)15-8-14-9-16(23)18(32-11-13-2-3-13)10-17(14)26-20(15)29/h4-5,8-10,12-13H,2-3,6-7,11H2,1H3,(H,26,29)(H,24,25,27)/t12-/m0/s1. The van der Waals surface area contributed by atoms with Gasteiger partial charge in [0.2, 0.25) is 5.95 Å². The summed E-state index contributed by atoms with van der Waals surface area (Å²) in [7, 11) is 0. The highest BCUT2D eigenvalue weighted by Gasteiger charge is 2.25. The minimum absolute atomic E-state index is 0.229. The number of hydrogen-bond donors (Lipinski definition) is 2. The van der Waals surface area contributed by atoms with E-state index in [1.807, 2.05) is 6.92 Å². The molecule has 2 aromatic heterocycles. The predicted octanol–water partition coefficient (Wildman–Crippen LogP) is 3.89. The van der Waals surface area contributed by atoms with Gasteiger partial charge < -0.3 is 19.8 Å². The van der Waals surface area contributed by atoms with Crippen molar-refractivity contribution in [1.29, 1.82) is 0 Å². The zero-order valence-electron chi connectivity index (χ0n) is 17.4. The number of carbonyl (C=O) groups excluding carboxylic acids is 1. The van der Waals surface area contributed by atoms with Gasteiger partial charge in [-0.1, -0.05) is 11.6 Å². The Morgan fingerprint density at radius 3 is 2.94 bits per heavy atom. The number of benzene rings is 1. The number of nitrogens with zero attached hydrogens (tertiary/aromatic N) is 3. The van der Waals surface area contributed by atoms with Crippen LogP contribution >= 0.6 is 11.6 Å². The molecule has 166 valence electrons. The third-order valence-corrected chi connectivity index (χ3v) is 5.88. The summed E-state index contributed by atoms with van der Waals surface area (Å²) in [6.07, 6.45) is 3.48. The van der Waals surface area contributed by atoms with Gasteiger partial charge in [-0.15, -0.1) is 0 Å². The molecule has 1 saturated carbocycles. The summed E-state index contributed by atoms with van der Waals surface area (Å²) >= 11 is 6.40. The maximum absolute atomic E-state index is 12.8. The summed E-state index contributed by atoms with van der Waals surface area (Å²) in [4.78, 5) is 37.5. The van der Waals surface area contributed by atoms with Crippen LogP contribution in [-0.4, -0.2) is 40.8 Å². The van der Waals surface area contributed by atoms with Crippen molar-refractivity contribution in [3.8, 4) is 5.75 Å². The van der Waals surface area contributed by atoms with Crippen LogP contribution in [0.3, 0.4) is 0 Å². The van der Waals surface area contributed by atoms with Crippen LogP contribution in [-0.2, 0) is 4.74 Å². The minimum Gasteiger partial charge on any atom is -0.492 e. The van der Waals surface area contributed by atoms with Crippen LogP contribution in [0.2, 0.25) is 5.02 Å². The summed E-state index contributed by atoms with van der Waals surface area (Å²) in [5.41, 5.74) is 0.939. The molecule has 0 bridgehead atoms. The number of hydrogen-bond acceptors (Lipinski definition) is 7. The Morgan fingerprint density at radius 1 is 1.34 bits per heavy atom. The summed E-state index contributed by atoms with van der Waals surface area (Å²) in [5, 5.41) is 4.43. The molecule has 0 spiro atoms. The summed E-state index contributed by atoms with van der Waals surface area (Å²) in [5.74, 6) is 1.92. The maximum atomic E-state index is 12.8. The zero-order chi connectivity index (χ0) is 22.2. The fourth-order valence-electron chi connectivity index (χ4n) is 3.59. The Kier molecular flexibility index (Phi) is 5.34. The van der Waals surface area contributed by atoms with E-state index in [0.29, 0.717) is 59.3 Å². The van der Waals surface area contributed by atoms with Crippen LogP contribution in [0.15, 0.2) is 35.3 Å². The van der Waals surface area contributed by atoms with Gasteiger partial charge in [-0.2, -0.15) is 4.98 Å². The Bertz CT molecular complexity index is 1240. The number of halogens is 1. The van der Waals surface area contributed by atoms with E-state index in [2.05, 4.69) is 20.3 Å². The topological polar surface area (TPSA) is 109 Å². The molecule has 2 aliphatic rings. The second-order valence-corrected chi connectivity index (χ2v) is 8.46. The second-order valence-electron chi connectivity index (χ2n) is 8.05. The van der Waals surface area contributed by atoms with E-state index < -0.39 is 12.1 Å². The molecule has 9 nitrogen and oxygen atoms in total. The molecule has 32 heavy (non-hydrogen) atoms. The summed E-state index contributed by atoms with van der Waals surface area (Å²) in [6, 6.07) is 6.60. The van der Waals surface area contributed by atoms with Gasteiger partial charge in [-0.3, -0.25) is 9.69 Å². The molecule has 1 aromatic carbocycles. The number of nitrogens with one attached hydrogen (secondary N) is 2. The number of aromatic nitrogens is 3. The average molecular weight is 456 g/mol. The van der Waals surface area contributed by atoms with Gasteiger partial charge in [0.25, 0.3) is 5.56 Å². The van der Waals surface area contributed by atoms with Crippen LogP contribution < -0.4 is 20.5 Å². The molecule has 1 saturated heterocycles. The molecule has 1 atom stereocenters. The monoisotopic (exact) mass is 455 g/mol. The Labute approximate surface area is 188 Å². The molecule has 1 aliphatic carbocycles. The highest BCUT2D eigenvalue weighted by Crippen LogP contribution is 2.34. The summed E-state index contributed by atoms with van der Waals surface area (Å²) in [6.45, 7) is 3.24. The molecule has 2 fully saturated rings. The molecule has 1 aliphatic heterocycles. The third-order valence-electron chi connectivity index (χ3n) is 5.59. The van der Waals surface area contributed by atoms with Gasteiger partial charge in [-0.25, -0.2) is 9.78 Å². The van der Waals surface area contributed by atoms with Crippen LogP contribution in [0.5, 0.6) is 5.75 Å². The highest BCUT2D eigenvalue weighted by atomic mass is 35.5. The van der Waals surface area contributed by atoms with E-state index in [9.17, 15) is 9.59 Å². The first-order chi connectivity index (χ1) is 15.5. The number of pyridine rings is 1. The molecule has 3 heterocycles. The van der Waals surface area contributed by atoms with E-state index in [1.165, 1.54) is 17.7 Å². The van der Waals surface area contributed by atoms with Crippen molar-refractivity contribution in [2.75, 3.05) is 30.0 Å². The second kappa shape index (κ2) is 8.31. The molecule has 10 heteroatoms. The maximum Gasteiger partial charge on any atom is 0.415 e. The van der Waals surface area contributed by atoms with E-state index in [-0.39, 0.29) is 5.56 Å². The lowest BCUT2D eigenvalue weighted by Gasteiger charge is -2.17. The van der Waals surface area contributed by atoms with E-state index >= 15 is 0 Å². The largest absolute Gasteiger partial charge is 0.492 e. The number of carbonyl (C=O) groups is 1. The normalized spacial score (nSPS) is 16.8. The number of anilines is 2. The SMILES string of the molecule is C[C@H](Nc1nccc(N2CCOC2=O)n1)c1cc2cc(Cl)c(OCC3CC3)cc2[nH]c1=O. The van der Waals surface area contributed by atoms with Gasteiger partial charge in [0.1, 0.15) is 18.2 Å². The number of fused-ring (bicyclic) bond motifs is 1. The Balaban J connectivity index is 1.37. The molecular formula is C22H22ClN5O4. The molecule has 3 aromatic rings. The lowest BCUT2D eigenvalue weighted by Crippen LogP contribution is -2.25. The van der Waals surface area contributed by atoms with Gasteiger partial charge >= 0.3 is 6.09 Å². The van der Waals surface area contributed by atoms with Crippen molar-refractivity contribution in [1.82, 2.24) is 15.0 Å². The zero-order valence-corrected chi connectivity index (χ0v) is 18.2. The van der Waals surface area contributed by atoms with Crippen molar-refractivity contribution in [3.05, 3.63) is 51.4 Å². The van der Waals surface area contributed by atoms with E-state index in [4.69, 9.17) is 21.1 Å². The van der Waals surface area contributed by atoms with Gasteiger partial charge in [0.05, 0.1) is 29.7 Å². The van der Waals surface area contributed by atoms with Gasteiger partial charge in [-0.05, 0) is 43.9 Å². The van der Waals surface area contributed by atoms with Crippen LogP contribution in [0, 0.1) is 5.92 Å². The number of H-pyrrole nitrogens is 1. The first kappa shape index (κ1) is 20.6. The van der Waals surface area contributed by atoms with Crippen molar-refractivity contribution in [2.45, 2.75) is 25.8 Å². The van der Waals surface area contributed by atoms with Crippen molar-refractivity contribution < 1.29 is 14.3 Å². The van der Waals surface area contributed by atoms with Crippen molar-refractivity contribution in [3.63, 3.8) is 0 Å². The molecule has 0 unspecified atom stereocenters. The molecule has 5 rings (SSSR count). The number of aromatic amines is 1. The fraction of sp³-hybridized carbons (Fsp3) is 0.364. The van der Waals surface area contributed by atoms with Crippen molar-refractivity contribution in [2.24, 2.45) is 5.92 Å². The fourth-order valence-corrected chi connectivity index (χ4v) is 3.82. The van der Waals surface area contributed by atoms with Crippen LogP contribution in [0.4, 0.5) is 16.6 Å². The number of amides is 1. The van der Waals surface area contributed by atoms with Crippen LogP contribution in [0.25, 0.3) is 10.9 Å². The smallest absolute Gasteiger partial charge is 0.415 e.